The summed E-state index contributed by atoms with van der Waals surface area (Å²) in [5.74, 6) is 0.835. The lowest BCUT2D eigenvalue weighted by Gasteiger charge is -2.04. The fraction of sp³-hybridized carbons (Fsp3) is 0.200. The van der Waals surface area contributed by atoms with Crippen LogP contribution in [-0.2, 0) is 0 Å². The average Bonchev–Trinajstić information content (AvgIpc) is 2.93. The first-order chi connectivity index (χ1) is 10.3. The predicted molar refractivity (Wildman–Crippen MR) is 90.7 cm³/mol. The summed E-state index contributed by atoms with van der Waals surface area (Å²) in [7, 11) is 0. The van der Waals surface area contributed by atoms with E-state index < -0.39 is 0 Å². The molecular formula is C15H14BrN3OS. The van der Waals surface area contributed by atoms with Crippen molar-refractivity contribution in [3.8, 4) is 10.4 Å². The van der Waals surface area contributed by atoms with Gasteiger partial charge in [0.05, 0.1) is 10.2 Å². The van der Waals surface area contributed by atoms with Crippen LogP contribution in [0.2, 0.25) is 0 Å². The zero-order chi connectivity index (χ0) is 14.7. The molecule has 0 amide bonds. The van der Waals surface area contributed by atoms with Gasteiger partial charge in [0, 0.05) is 22.5 Å². The average molecular weight is 364 g/mol. The second-order valence-electron chi connectivity index (χ2n) is 4.56. The first kappa shape index (κ1) is 14.4. The summed E-state index contributed by atoms with van der Waals surface area (Å²) in [4.78, 5) is 9.80. The molecule has 0 unspecified atom stereocenters. The molecule has 0 saturated heterocycles. The van der Waals surface area contributed by atoms with Crippen LogP contribution < -0.4 is 5.32 Å². The number of halogens is 1. The van der Waals surface area contributed by atoms with E-state index in [1.807, 2.05) is 12.1 Å². The van der Waals surface area contributed by atoms with E-state index in [9.17, 15) is 0 Å². The van der Waals surface area contributed by atoms with E-state index in [0.717, 1.165) is 20.5 Å². The van der Waals surface area contributed by atoms with Gasteiger partial charge >= 0.3 is 0 Å². The van der Waals surface area contributed by atoms with Crippen LogP contribution in [0.5, 0.6) is 0 Å². The Morgan fingerprint density at radius 2 is 2.00 bits per heavy atom. The zero-order valence-corrected chi connectivity index (χ0v) is 13.6. The molecule has 0 bridgehead atoms. The van der Waals surface area contributed by atoms with Gasteiger partial charge in [-0.2, -0.15) is 0 Å². The first-order valence-electron chi connectivity index (χ1n) is 6.63. The van der Waals surface area contributed by atoms with Crippen LogP contribution >= 0.6 is 27.3 Å². The van der Waals surface area contributed by atoms with Crippen LogP contribution in [0.25, 0.3) is 20.7 Å². The second-order valence-corrected chi connectivity index (χ2v) is 6.53. The van der Waals surface area contributed by atoms with Crippen molar-refractivity contribution in [2.75, 3.05) is 18.5 Å². The van der Waals surface area contributed by atoms with Crippen molar-refractivity contribution in [2.24, 2.45) is 0 Å². The molecule has 2 heterocycles. The minimum Gasteiger partial charge on any atom is -0.396 e. The van der Waals surface area contributed by atoms with Gasteiger partial charge in [-0.05, 0) is 30.2 Å². The van der Waals surface area contributed by atoms with E-state index in [-0.39, 0.29) is 6.61 Å². The van der Waals surface area contributed by atoms with Crippen LogP contribution in [0.1, 0.15) is 6.42 Å². The lowest BCUT2D eigenvalue weighted by atomic mass is 10.2. The normalized spacial score (nSPS) is 11.0. The van der Waals surface area contributed by atoms with E-state index in [1.54, 1.807) is 17.7 Å². The summed E-state index contributed by atoms with van der Waals surface area (Å²) in [6.07, 6.45) is 2.28. The third kappa shape index (κ3) is 3.23. The van der Waals surface area contributed by atoms with Crippen molar-refractivity contribution in [3.63, 3.8) is 0 Å². The molecule has 0 atom stereocenters. The Hall–Kier alpha value is -1.50. The van der Waals surface area contributed by atoms with Gasteiger partial charge < -0.3 is 10.4 Å². The zero-order valence-electron chi connectivity index (χ0n) is 11.2. The predicted octanol–water partition coefficient (Wildman–Crippen LogP) is 3.92. The number of nitrogens with one attached hydrogen (secondary N) is 1. The standard InChI is InChI=1S/C15H14BrN3OS/c16-11-4-2-10(3-5-11)13-8-12-14(21-13)15(19-9-18-12)17-6-1-7-20/h2-5,8-9,20H,1,6-7H2,(H,17,18,19). The summed E-state index contributed by atoms with van der Waals surface area (Å²) in [5, 5.41) is 12.1. The maximum absolute atomic E-state index is 8.86. The summed E-state index contributed by atoms with van der Waals surface area (Å²) in [6.45, 7) is 0.879. The smallest absolute Gasteiger partial charge is 0.147 e. The van der Waals surface area contributed by atoms with Crippen molar-refractivity contribution < 1.29 is 5.11 Å². The number of thiophene rings is 1. The van der Waals surface area contributed by atoms with E-state index in [0.29, 0.717) is 13.0 Å². The number of fused-ring (bicyclic) bond motifs is 1. The van der Waals surface area contributed by atoms with Gasteiger partial charge in [0.25, 0.3) is 0 Å². The molecule has 0 aliphatic carbocycles. The van der Waals surface area contributed by atoms with Crippen LogP contribution in [0, 0.1) is 0 Å². The number of hydrogen-bond acceptors (Lipinski definition) is 5. The minimum absolute atomic E-state index is 0.176. The largest absolute Gasteiger partial charge is 0.396 e. The SMILES string of the molecule is OCCCNc1ncnc2cc(-c3ccc(Br)cc3)sc12. The lowest BCUT2D eigenvalue weighted by molar-refractivity contribution is 0.292. The molecule has 2 N–H and O–H groups in total. The van der Waals surface area contributed by atoms with Gasteiger partial charge in [0.2, 0.25) is 0 Å². The third-order valence-corrected chi connectivity index (χ3v) is 4.78. The van der Waals surface area contributed by atoms with Crippen LogP contribution in [-0.4, -0.2) is 28.2 Å². The number of aromatic nitrogens is 2. The second kappa shape index (κ2) is 6.51. The lowest BCUT2D eigenvalue weighted by Crippen LogP contribution is -2.05. The molecule has 21 heavy (non-hydrogen) atoms. The van der Waals surface area contributed by atoms with Crippen LogP contribution in [0.15, 0.2) is 41.1 Å². The molecule has 0 aliphatic rings. The fourth-order valence-electron chi connectivity index (χ4n) is 2.02. The maximum Gasteiger partial charge on any atom is 0.147 e. The number of aliphatic hydroxyl groups excluding tert-OH is 1. The highest BCUT2D eigenvalue weighted by atomic mass is 79.9. The molecule has 0 spiro atoms. The molecule has 3 rings (SSSR count). The number of rotatable bonds is 5. The summed E-state index contributed by atoms with van der Waals surface area (Å²) in [6, 6.07) is 10.3. The van der Waals surface area contributed by atoms with Crippen molar-refractivity contribution in [1.82, 2.24) is 9.97 Å². The Morgan fingerprint density at radius 1 is 1.19 bits per heavy atom. The molecule has 108 valence electrons. The summed E-state index contributed by atoms with van der Waals surface area (Å²) in [5.41, 5.74) is 2.11. The van der Waals surface area contributed by atoms with E-state index in [2.05, 4.69) is 49.4 Å². The topological polar surface area (TPSA) is 58.0 Å². The van der Waals surface area contributed by atoms with E-state index >= 15 is 0 Å². The Morgan fingerprint density at radius 3 is 2.76 bits per heavy atom. The highest BCUT2D eigenvalue weighted by Crippen LogP contribution is 2.35. The number of nitrogens with zero attached hydrogens (tertiary/aromatic N) is 2. The Labute approximate surface area is 135 Å². The van der Waals surface area contributed by atoms with Gasteiger partial charge in [-0.15, -0.1) is 11.3 Å². The molecule has 0 radical (unpaired) electrons. The van der Waals surface area contributed by atoms with Crippen molar-refractivity contribution in [3.05, 3.63) is 41.1 Å². The summed E-state index contributed by atoms with van der Waals surface area (Å²) < 4.78 is 2.12. The van der Waals surface area contributed by atoms with Gasteiger partial charge in [0.1, 0.15) is 12.1 Å². The number of benzene rings is 1. The van der Waals surface area contributed by atoms with Crippen molar-refractivity contribution in [1.29, 1.82) is 0 Å². The van der Waals surface area contributed by atoms with Gasteiger partial charge in [-0.1, -0.05) is 28.1 Å². The molecule has 4 nitrogen and oxygen atoms in total. The molecule has 0 fully saturated rings. The highest BCUT2D eigenvalue weighted by molar-refractivity contribution is 9.10. The molecule has 0 saturated carbocycles. The van der Waals surface area contributed by atoms with Crippen molar-refractivity contribution in [2.45, 2.75) is 6.42 Å². The van der Waals surface area contributed by atoms with Crippen LogP contribution in [0.4, 0.5) is 5.82 Å². The molecule has 2 aromatic heterocycles. The van der Waals surface area contributed by atoms with Gasteiger partial charge in [-0.25, -0.2) is 9.97 Å². The molecule has 0 aliphatic heterocycles. The fourth-order valence-corrected chi connectivity index (χ4v) is 3.37. The number of hydrogen-bond donors (Lipinski definition) is 2. The quantitative estimate of drug-likeness (QED) is 0.674. The van der Waals surface area contributed by atoms with Gasteiger partial charge in [-0.3, -0.25) is 0 Å². The first-order valence-corrected chi connectivity index (χ1v) is 8.24. The molecule has 1 aromatic carbocycles. The number of aliphatic hydroxyl groups is 1. The van der Waals surface area contributed by atoms with E-state index in [4.69, 9.17) is 5.11 Å². The summed E-state index contributed by atoms with van der Waals surface area (Å²) >= 11 is 5.13. The molecule has 3 aromatic rings. The monoisotopic (exact) mass is 363 g/mol. The minimum atomic E-state index is 0.176. The molecular weight excluding hydrogens is 350 g/mol. The Balaban J connectivity index is 1.95. The Kier molecular flexibility index (Phi) is 4.48. The van der Waals surface area contributed by atoms with Crippen LogP contribution in [0.3, 0.4) is 0 Å². The Bertz CT molecular complexity index is 742. The van der Waals surface area contributed by atoms with Gasteiger partial charge in [0.15, 0.2) is 0 Å². The molecule has 6 heteroatoms. The highest BCUT2D eigenvalue weighted by Gasteiger charge is 2.09. The number of anilines is 1. The third-order valence-electron chi connectivity index (χ3n) is 3.07. The van der Waals surface area contributed by atoms with E-state index in [1.165, 1.54) is 10.4 Å². The van der Waals surface area contributed by atoms with Crippen molar-refractivity contribution >= 4 is 43.3 Å². The maximum atomic E-state index is 8.86.